The normalized spacial score (nSPS) is 15.4. The zero-order valence-electron chi connectivity index (χ0n) is 15.1. The molecule has 0 atom stereocenters. The van der Waals surface area contributed by atoms with Crippen molar-refractivity contribution >= 4 is 23.6 Å². The van der Waals surface area contributed by atoms with Crippen molar-refractivity contribution in [2.75, 3.05) is 5.01 Å². The average Bonchev–Trinajstić information content (AvgIpc) is 3.28. The van der Waals surface area contributed by atoms with E-state index in [-0.39, 0.29) is 5.57 Å². The summed E-state index contributed by atoms with van der Waals surface area (Å²) in [7, 11) is 0. The van der Waals surface area contributed by atoms with Crippen molar-refractivity contribution < 1.29 is 18.4 Å². The van der Waals surface area contributed by atoms with Crippen LogP contribution in [0.5, 0.6) is 0 Å². The zero-order valence-corrected chi connectivity index (χ0v) is 15.1. The fourth-order valence-corrected chi connectivity index (χ4v) is 3.00. The number of hydrogen-bond donors (Lipinski definition) is 1. The van der Waals surface area contributed by atoms with Gasteiger partial charge in [-0.1, -0.05) is 31.2 Å². The number of aryl methyl sites for hydroxylation is 1. The first-order valence-electron chi connectivity index (χ1n) is 8.87. The van der Waals surface area contributed by atoms with Gasteiger partial charge in [0.1, 0.15) is 22.9 Å². The molecule has 0 radical (unpaired) electrons. The molecule has 0 bridgehead atoms. The quantitative estimate of drug-likeness (QED) is 0.551. The Balaban J connectivity index is 1.60. The summed E-state index contributed by atoms with van der Waals surface area (Å²) in [6, 6.07) is 16.8. The van der Waals surface area contributed by atoms with Gasteiger partial charge >= 0.3 is 0 Å². The molecule has 3 aromatic rings. The lowest BCUT2D eigenvalue weighted by molar-refractivity contribution is -0.117. The van der Waals surface area contributed by atoms with Gasteiger partial charge in [0, 0.05) is 0 Å². The summed E-state index contributed by atoms with van der Waals surface area (Å²) in [5, 5.41) is 1.20. The molecular weight excluding hydrogens is 359 g/mol. The lowest BCUT2D eigenvalue weighted by atomic mass is 10.1. The molecule has 1 aromatic heterocycles. The lowest BCUT2D eigenvalue weighted by Gasteiger charge is -2.14. The van der Waals surface area contributed by atoms with E-state index in [1.165, 1.54) is 17.2 Å². The van der Waals surface area contributed by atoms with E-state index >= 15 is 0 Å². The molecule has 0 aliphatic carbocycles. The van der Waals surface area contributed by atoms with Crippen LogP contribution >= 0.6 is 0 Å². The number of amides is 2. The molecule has 1 N–H and O–H groups in total. The molecule has 0 spiro atoms. The maximum absolute atomic E-state index is 13.9. The number of halogens is 1. The van der Waals surface area contributed by atoms with Crippen LogP contribution in [0.3, 0.4) is 0 Å². The number of carbonyl (C=O) groups excluding carboxylic acids is 2. The molecule has 1 aliphatic rings. The van der Waals surface area contributed by atoms with Gasteiger partial charge < -0.3 is 4.42 Å². The second kappa shape index (κ2) is 7.15. The Morgan fingerprint density at radius 3 is 2.50 bits per heavy atom. The van der Waals surface area contributed by atoms with Crippen LogP contribution in [0.2, 0.25) is 0 Å². The van der Waals surface area contributed by atoms with Crippen molar-refractivity contribution in [3.05, 3.63) is 83.4 Å². The highest BCUT2D eigenvalue weighted by Gasteiger charge is 2.34. The molecule has 1 saturated heterocycles. The van der Waals surface area contributed by atoms with Gasteiger partial charge in [0.25, 0.3) is 11.8 Å². The van der Waals surface area contributed by atoms with Crippen LogP contribution in [0.1, 0.15) is 18.2 Å². The molecule has 28 heavy (non-hydrogen) atoms. The van der Waals surface area contributed by atoms with Gasteiger partial charge in [0.05, 0.1) is 11.3 Å². The number of hydrogen-bond acceptors (Lipinski definition) is 3. The highest BCUT2D eigenvalue weighted by molar-refractivity contribution is 6.31. The first-order chi connectivity index (χ1) is 13.6. The summed E-state index contributed by atoms with van der Waals surface area (Å²) >= 11 is 0. The Kier molecular flexibility index (Phi) is 4.53. The first kappa shape index (κ1) is 17.7. The second-order valence-corrected chi connectivity index (χ2v) is 6.34. The predicted molar refractivity (Wildman–Crippen MR) is 104 cm³/mol. The number of hydrazine groups is 1. The van der Waals surface area contributed by atoms with E-state index in [2.05, 4.69) is 5.43 Å². The van der Waals surface area contributed by atoms with Gasteiger partial charge in [-0.15, -0.1) is 0 Å². The van der Waals surface area contributed by atoms with Crippen LogP contribution in [0.4, 0.5) is 10.1 Å². The fraction of sp³-hybridized carbons (Fsp3) is 0.0909. The van der Waals surface area contributed by atoms with Crippen LogP contribution in [0.15, 0.2) is 70.7 Å². The Labute approximate surface area is 161 Å². The molecule has 6 heteroatoms. The summed E-state index contributed by atoms with van der Waals surface area (Å²) in [4.78, 5) is 25.0. The molecule has 5 nitrogen and oxygen atoms in total. The van der Waals surface area contributed by atoms with Crippen LogP contribution in [0, 0.1) is 5.82 Å². The van der Waals surface area contributed by atoms with Crippen molar-refractivity contribution in [3.8, 4) is 11.3 Å². The third-order valence-corrected chi connectivity index (χ3v) is 4.55. The summed E-state index contributed by atoms with van der Waals surface area (Å²) in [6.07, 6.45) is 2.25. The van der Waals surface area contributed by atoms with E-state index in [1.807, 2.05) is 19.1 Å². The first-order valence-corrected chi connectivity index (χ1v) is 8.87. The van der Waals surface area contributed by atoms with Crippen molar-refractivity contribution in [1.29, 1.82) is 0 Å². The molecule has 2 amide bonds. The van der Waals surface area contributed by atoms with Crippen molar-refractivity contribution in [1.82, 2.24) is 5.43 Å². The Morgan fingerprint density at radius 1 is 1.04 bits per heavy atom. The minimum absolute atomic E-state index is 0.0472. The fourth-order valence-electron chi connectivity index (χ4n) is 3.00. The minimum atomic E-state index is -0.520. The lowest BCUT2D eigenvalue weighted by Crippen LogP contribution is -2.35. The molecule has 0 saturated carbocycles. The summed E-state index contributed by atoms with van der Waals surface area (Å²) in [5.41, 5.74) is 4.52. The standard InChI is InChI=1S/C22H17FN2O3/c1-2-14-7-9-15(10-8-14)25-22(27)18(21(26)24-25)13-16-11-12-20(28-16)17-5-3-4-6-19(17)23/h3-13H,2H2,1H3,(H,24,26)/b18-13-. The predicted octanol–water partition coefficient (Wildman–Crippen LogP) is 4.11. The molecule has 2 aromatic carbocycles. The Bertz CT molecular complexity index is 1080. The number of benzene rings is 2. The van der Waals surface area contributed by atoms with Crippen molar-refractivity contribution in [2.45, 2.75) is 13.3 Å². The molecule has 4 rings (SSSR count). The van der Waals surface area contributed by atoms with Crippen LogP contribution in [-0.4, -0.2) is 11.8 Å². The smallest absolute Gasteiger partial charge is 0.282 e. The van der Waals surface area contributed by atoms with E-state index in [0.717, 1.165) is 12.0 Å². The van der Waals surface area contributed by atoms with Gasteiger partial charge in [-0.3, -0.25) is 15.0 Å². The van der Waals surface area contributed by atoms with Gasteiger partial charge in [0.15, 0.2) is 0 Å². The van der Waals surface area contributed by atoms with Gasteiger partial charge in [-0.25, -0.2) is 9.40 Å². The SMILES string of the molecule is CCc1ccc(N2NC(=O)/C(=C/c3ccc(-c4ccccc4F)o3)C2=O)cc1. The van der Waals surface area contributed by atoms with Crippen LogP contribution in [0.25, 0.3) is 17.4 Å². The highest BCUT2D eigenvalue weighted by atomic mass is 19.1. The van der Waals surface area contributed by atoms with E-state index in [9.17, 15) is 14.0 Å². The largest absolute Gasteiger partial charge is 0.457 e. The molecular formula is C22H17FN2O3. The van der Waals surface area contributed by atoms with E-state index in [1.54, 1.807) is 42.5 Å². The molecule has 2 heterocycles. The van der Waals surface area contributed by atoms with Gasteiger partial charge in [0.2, 0.25) is 0 Å². The number of rotatable bonds is 4. The summed E-state index contributed by atoms with van der Waals surface area (Å²) in [5.74, 6) is -0.790. The molecule has 1 aliphatic heterocycles. The van der Waals surface area contributed by atoms with E-state index < -0.39 is 17.6 Å². The number of carbonyl (C=O) groups is 2. The Hall–Kier alpha value is -3.67. The third kappa shape index (κ3) is 3.20. The molecule has 1 fully saturated rings. The highest BCUT2D eigenvalue weighted by Crippen LogP contribution is 2.27. The summed E-state index contributed by atoms with van der Waals surface area (Å²) in [6.45, 7) is 2.04. The maximum atomic E-state index is 13.9. The third-order valence-electron chi connectivity index (χ3n) is 4.55. The molecule has 140 valence electrons. The average molecular weight is 376 g/mol. The van der Waals surface area contributed by atoms with E-state index in [0.29, 0.717) is 22.8 Å². The number of nitrogens with one attached hydrogen (secondary N) is 1. The Morgan fingerprint density at radius 2 is 1.79 bits per heavy atom. The topological polar surface area (TPSA) is 62.6 Å². The van der Waals surface area contributed by atoms with Crippen molar-refractivity contribution in [3.63, 3.8) is 0 Å². The van der Waals surface area contributed by atoms with Crippen LogP contribution in [-0.2, 0) is 16.0 Å². The van der Waals surface area contributed by atoms with Gasteiger partial charge in [-0.05, 0) is 54.5 Å². The zero-order chi connectivity index (χ0) is 19.7. The van der Waals surface area contributed by atoms with Crippen molar-refractivity contribution in [2.24, 2.45) is 0 Å². The maximum Gasteiger partial charge on any atom is 0.282 e. The van der Waals surface area contributed by atoms with Crippen LogP contribution < -0.4 is 10.4 Å². The number of furan rings is 1. The number of nitrogens with zero attached hydrogens (tertiary/aromatic N) is 1. The van der Waals surface area contributed by atoms with E-state index in [4.69, 9.17) is 4.42 Å². The minimum Gasteiger partial charge on any atom is -0.457 e. The monoisotopic (exact) mass is 376 g/mol. The summed E-state index contributed by atoms with van der Waals surface area (Å²) < 4.78 is 19.5. The number of anilines is 1. The second-order valence-electron chi connectivity index (χ2n) is 6.34. The van der Waals surface area contributed by atoms with Gasteiger partial charge in [-0.2, -0.15) is 0 Å². The molecule has 0 unspecified atom stereocenters.